The highest BCUT2D eigenvalue weighted by Gasteiger charge is 2.25. The summed E-state index contributed by atoms with van der Waals surface area (Å²) in [5.74, 6) is 1.82. The number of nitrogens with one attached hydrogen (secondary N) is 1. The molecule has 0 aromatic heterocycles. The van der Waals surface area contributed by atoms with Crippen molar-refractivity contribution in [3.63, 3.8) is 0 Å². The molecule has 1 aromatic rings. The van der Waals surface area contributed by atoms with Gasteiger partial charge in [-0.2, -0.15) is 5.26 Å². The minimum Gasteiger partial charge on any atom is -0.381 e. The van der Waals surface area contributed by atoms with Gasteiger partial charge in [0.05, 0.1) is 11.3 Å². The van der Waals surface area contributed by atoms with E-state index in [2.05, 4.69) is 25.2 Å². The Labute approximate surface area is 107 Å². The first-order valence-electron chi connectivity index (χ1n) is 6.17. The highest BCUT2D eigenvalue weighted by Crippen LogP contribution is 2.33. The fraction of sp³-hybridized carbons (Fsp3) is 0.500. The summed E-state index contributed by atoms with van der Waals surface area (Å²) in [7, 11) is 0. The van der Waals surface area contributed by atoms with Crippen LogP contribution in [0.15, 0.2) is 23.1 Å². The van der Waals surface area contributed by atoms with Crippen LogP contribution < -0.4 is 5.32 Å². The molecular weight excluding hydrogens is 228 g/mol. The predicted molar refractivity (Wildman–Crippen MR) is 73.4 cm³/mol. The number of hydrogen-bond donors (Lipinski definition) is 1. The van der Waals surface area contributed by atoms with Crippen molar-refractivity contribution in [2.45, 2.75) is 37.6 Å². The molecule has 0 unspecified atom stereocenters. The van der Waals surface area contributed by atoms with Crippen molar-refractivity contribution in [1.29, 1.82) is 5.26 Å². The molecule has 0 bridgehead atoms. The van der Waals surface area contributed by atoms with Crippen molar-refractivity contribution >= 4 is 17.4 Å². The quantitative estimate of drug-likeness (QED) is 0.819. The van der Waals surface area contributed by atoms with Crippen LogP contribution in [0.3, 0.4) is 0 Å². The van der Waals surface area contributed by atoms with E-state index in [1.54, 1.807) is 11.8 Å². The summed E-state index contributed by atoms with van der Waals surface area (Å²) in [5.41, 5.74) is 1.81. The molecule has 2 nitrogen and oxygen atoms in total. The van der Waals surface area contributed by atoms with Crippen LogP contribution in [0.4, 0.5) is 5.69 Å². The van der Waals surface area contributed by atoms with Gasteiger partial charge in [0, 0.05) is 10.9 Å². The highest BCUT2D eigenvalue weighted by atomic mass is 32.2. The molecule has 0 radical (unpaired) electrons. The molecule has 1 aliphatic rings. The molecule has 3 heteroatoms. The molecule has 1 saturated carbocycles. The van der Waals surface area contributed by atoms with Crippen LogP contribution >= 0.6 is 11.8 Å². The molecule has 0 amide bonds. The average Bonchev–Trinajstić information content (AvgIpc) is 2.28. The second-order valence-electron chi connectivity index (χ2n) is 4.64. The molecule has 17 heavy (non-hydrogen) atoms. The van der Waals surface area contributed by atoms with Gasteiger partial charge >= 0.3 is 0 Å². The number of thioether (sulfide) groups is 1. The van der Waals surface area contributed by atoms with Crippen LogP contribution in [-0.2, 0) is 0 Å². The fourth-order valence-electron chi connectivity index (χ4n) is 2.28. The van der Waals surface area contributed by atoms with Crippen LogP contribution in [0.1, 0.15) is 32.3 Å². The fourth-order valence-corrected chi connectivity index (χ4v) is 3.07. The Kier molecular flexibility index (Phi) is 3.96. The Morgan fingerprint density at radius 3 is 2.82 bits per heavy atom. The largest absolute Gasteiger partial charge is 0.381 e. The molecule has 2 rings (SSSR count). The van der Waals surface area contributed by atoms with Gasteiger partial charge in [0.2, 0.25) is 0 Å². The summed E-state index contributed by atoms with van der Waals surface area (Å²) in [4.78, 5) is 1.09. The third-order valence-electron chi connectivity index (χ3n) is 3.17. The number of rotatable bonds is 4. The van der Waals surface area contributed by atoms with Crippen LogP contribution in [0, 0.1) is 17.2 Å². The summed E-state index contributed by atoms with van der Waals surface area (Å²) in [6.07, 6.45) is 2.44. The molecule has 0 atom stereocenters. The van der Waals surface area contributed by atoms with E-state index in [-0.39, 0.29) is 0 Å². The molecule has 0 spiro atoms. The Morgan fingerprint density at radius 1 is 1.47 bits per heavy atom. The van der Waals surface area contributed by atoms with Gasteiger partial charge in [-0.1, -0.05) is 19.9 Å². The number of nitriles is 1. The minimum absolute atomic E-state index is 0.555. The lowest BCUT2D eigenvalue weighted by Crippen LogP contribution is -2.34. The second kappa shape index (κ2) is 5.46. The van der Waals surface area contributed by atoms with Crippen LogP contribution in [0.2, 0.25) is 0 Å². The monoisotopic (exact) mass is 246 g/mol. The summed E-state index contributed by atoms with van der Waals surface area (Å²) >= 11 is 1.73. The van der Waals surface area contributed by atoms with Crippen LogP contribution in [0.5, 0.6) is 0 Å². The van der Waals surface area contributed by atoms with Gasteiger partial charge in [-0.3, -0.25) is 0 Å². The van der Waals surface area contributed by atoms with Crippen molar-refractivity contribution in [2.75, 3.05) is 11.1 Å². The first-order chi connectivity index (χ1) is 8.24. The maximum absolute atomic E-state index is 9.28. The second-order valence-corrected chi connectivity index (χ2v) is 5.95. The lowest BCUT2D eigenvalue weighted by Gasteiger charge is -2.34. The first-order valence-corrected chi connectivity index (χ1v) is 7.15. The van der Waals surface area contributed by atoms with E-state index in [0.29, 0.717) is 6.04 Å². The van der Waals surface area contributed by atoms with E-state index < -0.39 is 0 Å². The van der Waals surface area contributed by atoms with Crippen molar-refractivity contribution in [3.8, 4) is 6.07 Å². The normalized spacial score (nSPS) is 22.6. The lowest BCUT2D eigenvalue weighted by atomic mass is 9.81. The molecule has 1 aliphatic carbocycles. The minimum atomic E-state index is 0.555. The van der Waals surface area contributed by atoms with Gasteiger partial charge in [-0.25, -0.2) is 0 Å². The third kappa shape index (κ3) is 2.76. The summed E-state index contributed by atoms with van der Waals surface area (Å²) in [6, 6.07) is 8.96. The predicted octanol–water partition coefficient (Wildman–Crippen LogP) is 3.88. The number of anilines is 1. The standard InChI is InChI=1S/C14H18N2S/c1-3-17-14-6-4-5-13(12(14)9-15)16-11-7-10(2)8-11/h4-6,10-11,16H,3,7-8H2,1-2H3. The summed E-state index contributed by atoms with van der Waals surface area (Å²) in [6.45, 7) is 4.38. The summed E-state index contributed by atoms with van der Waals surface area (Å²) < 4.78 is 0. The molecule has 0 aliphatic heterocycles. The Hall–Kier alpha value is -1.14. The lowest BCUT2D eigenvalue weighted by molar-refractivity contribution is 0.309. The average molecular weight is 246 g/mol. The number of hydrogen-bond acceptors (Lipinski definition) is 3. The van der Waals surface area contributed by atoms with Crippen molar-refractivity contribution < 1.29 is 0 Å². The number of nitrogens with zero attached hydrogens (tertiary/aromatic N) is 1. The third-order valence-corrected chi connectivity index (χ3v) is 4.11. The highest BCUT2D eigenvalue weighted by molar-refractivity contribution is 7.99. The topological polar surface area (TPSA) is 35.8 Å². The first kappa shape index (κ1) is 12.3. The zero-order valence-corrected chi connectivity index (χ0v) is 11.2. The molecule has 0 heterocycles. The Morgan fingerprint density at radius 2 is 2.24 bits per heavy atom. The number of benzene rings is 1. The van der Waals surface area contributed by atoms with Gasteiger partial charge < -0.3 is 5.32 Å². The van der Waals surface area contributed by atoms with Crippen molar-refractivity contribution in [3.05, 3.63) is 23.8 Å². The van der Waals surface area contributed by atoms with Gasteiger partial charge in [0.25, 0.3) is 0 Å². The maximum Gasteiger partial charge on any atom is 0.102 e. The van der Waals surface area contributed by atoms with E-state index in [0.717, 1.165) is 27.8 Å². The zero-order valence-electron chi connectivity index (χ0n) is 10.4. The molecular formula is C14H18N2S. The van der Waals surface area contributed by atoms with Gasteiger partial charge in [0.1, 0.15) is 6.07 Å². The van der Waals surface area contributed by atoms with Crippen molar-refractivity contribution in [2.24, 2.45) is 5.92 Å². The van der Waals surface area contributed by atoms with Gasteiger partial charge in [-0.15, -0.1) is 11.8 Å². The molecule has 1 aromatic carbocycles. The maximum atomic E-state index is 9.28. The van der Waals surface area contributed by atoms with Gasteiger partial charge in [0.15, 0.2) is 0 Å². The molecule has 0 saturated heterocycles. The summed E-state index contributed by atoms with van der Waals surface area (Å²) in [5, 5.41) is 12.8. The van der Waals surface area contributed by atoms with Crippen LogP contribution in [0.25, 0.3) is 0 Å². The SMILES string of the molecule is CCSc1cccc(NC2CC(C)C2)c1C#N. The van der Waals surface area contributed by atoms with Gasteiger partial charge in [-0.05, 0) is 36.6 Å². The van der Waals surface area contributed by atoms with E-state index in [4.69, 9.17) is 0 Å². The van der Waals surface area contributed by atoms with Crippen LogP contribution in [-0.4, -0.2) is 11.8 Å². The van der Waals surface area contributed by atoms with E-state index in [1.165, 1.54) is 12.8 Å². The molecule has 90 valence electrons. The van der Waals surface area contributed by atoms with E-state index in [1.807, 2.05) is 18.2 Å². The Bertz CT molecular complexity index is 430. The van der Waals surface area contributed by atoms with E-state index in [9.17, 15) is 5.26 Å². The Balaban J connectivity index is 2.15. The molecule has 1 N–H and O–H groups in total. The zero-order chi connectivity index (χ0) is 12.3. The molecule has 1 fully saturated rings. The van der Waals surface area contributed by atoms with E-state index >= 15 is 0 Å². The smallest absolute Gasteiger partial charge is 0.102 e. The van der Waals surface area contributed by atoms with Crippen molar-refractivity contribution in [1.82, 2.24) is 0 Å².